The van der Waals surface area contributed by atoms with Crippen molar-refractivity contribution < 1.29 is 19.8 Å². The van der Waals surface area contributed by atoms with Crippen LogP contribution in [0, 0.1) is 0 Å². The van der Waals surface area contributed by atoms with Crippen LogP contribution in [0.3, 0.4) is 0 Å². The van der Waals surface area contributed by atoms with Gasteiger partial charge in [0.1, 0.15) is 5.75 Å². The third-order valence-corrected chi connectivity index (χ3v) is 4.84. The minimum Gasteiger partial charge on any atom is -0.508 e. The number of nitrogens with two attached hydrogens (primary N) is 1. The summed E-state index contributed by atoms with van der Waals surface area (Å²) < 4.78 is 0. The molecule has 1 unspecified atom stereocenters. The topological polar surface area (TPSA) is 141 Å². The summed E-state index contributed by atoms with van der Waals surface area (Å²) in [5, 5.41) is 22.4. The van der Waals surface area contributed by atoms with Crippen LogP contribution in [0.25, 0.3) is 0 Å². The number of carboxylic acid groups (broad SMARTS) is 1. The lowest BCUT2D eigenvalue weighted by Gasteiger charge is -2.21. The Morgan fingerprint density at radius 3 is 2.60 bits per heavy atom. The molecule has 6 N–H and O–H groups in total. The normalized spacial score (nSPS) is 12.8. The van der Waals surface area contributed by atoms with E-state index in [0.29, 0.717) is 17.5 Å². The van der Waals surface area contributed by atoms with Gasteiger partial charge in [0.05, 0.1) is 18.8 Å². The van der Waals surface area contributed by atoms with Crippen LogP contribution in [0.4, 0.5) is 0 Å². The summed E-state index contributed by atoms with van der Waals surface area (Å²) >= 11 is 0. The molecule has 2 aromatic carbocycles. The fourth-order valence-electron chi connectivity index (χ4n) is 3.32. The summed E-state index contributed by atoms with van der Waals surface area (Å²) in [6, 6.07) is 13.4. The number of nitrogens with zero attached hydrogens (tertiary/aromatic N) is 1. The van der Waals surface area contributed by atoms with Gasteiger partial charge in [0.25, 0.3) is 0 Å². The van der Waals surface area contributed by atoms with Crippen LogP contribution in [0.1, 0.15) is 28.3 Å². The summed E-state index contributed by atoms with van der Waals surface area (Å²) in [5.74, 6) is -1.62. The molecule has 0 saturated carbocycles. The van der Waals surface area contributed by atoms with Crippen LogP contribution in [-0.2, 0) is 22.4 Å². The quantitative estimate of drug-likeness (QED) is 0.364. The minimum atomic E-state index is -0.957. The molecule has 0 aliphatic heterocycles. The smallest absolute Gasteiger partial charge is 0.307 e. The molecule has 0 spiro atoms. The minimum absolute atomic E-state index is 0.0361. The number of H-pyrrole nitrogens is 1. The van der Waals surface area contributed by atoms with Crippen LogP contribution in [-0.4, -0.2) is 44.6 Å². The maximum atomic E-state index is 12.5. The molecule has 0 bridgehead atoms. The summed E-state index contributed by atoms with van der Waals surface area (Å²) in [6.45, 7) is 0.198. The maximum Gasteiger partial charge on any atom is 0.307 e. The number of aromatic nitrogens is 2. The van der Waals surface area contributed by atoms with Crippen LogP contribution >= 0.6 is 0 Å². The summed E-state index contributed by atoms with van der Waals surface area (Å²) in [6.07, 6.45) is 3.31. The van der Waals surface area contributed by atoms with Gasteiger partial charge in [0.2, 0.25) is 5.91 Å². The van der Waals surface area contributed by atoms with Crippen LogP contribution in [0.15, 0.2) is 61.1 Å². The Hall–Kier alpha value is -3.65. The fourth-order valence-corrected chi connectivity index (χ4v) is 3.32. The average molecular weight is 408 g/mol. The molecule has 2 atom stereocenters. The lowest BCUT2D eigenvalue weighted by molar-refractivity contribution is -0.136. The van der Waals surface area contributed by atoms with Gasteiger partial charge in [0.15, 0.2) is 0 Å². The van der Waals surface area contributed by atoms with Crippen LogP contribution < -0.4 is 11.1 Å². The number of rotatable bonds is 9. The zero-order valence-electron chi connectivity index (χ0n) is 16.3. The average Bonchev–Trinajstić information content (AvgIpc) is 3.23. The number of aromatic hydroxyl groups is 1. The van der Waals surface area contributed by atoms with Gasteiger partial charge in [-0.25, -0.2) is 4.98 Å². The Bertz CT molecular complexity index is 990. The SMILES string of the molecule is N[C@@H](Cc1cnc[nH]1)C(=O)NCC(c1ccccc1)c1cc(CC(=O)O)ccc1O. The van der Waals surface area contributed by atoms with E-state index < -0.39 is 12.0 Å². The van der Waals surface area contributed by atoms with Crippen molar-refractivity contribution in [3.63, 3.8) is 0 Å². The highest BCUT2D eigenvalue weighted by Gasteiger charge is 2.22. The molecule has 156 valence electrons. The predicted octanol–water partition coefficient (Wildman–Crippen LogP) is 1.56. The number of hydrogen-bond donors (Lipinski definition) is 5. The van der Waals surface area contributed by atoms with Crippen LogP contribution in [0.2, 0.25) is 0 Å². The number of imidazole rings is 1. The molecule has 3 rings (SSSR count). The Balaban J connectivity index is 1.80. The van der Waals surface area contributed by atoms with Gasteiger partial charge in [-0.3, -0.25) is 9.59 Å². The molecular formula is C22H24N4O4. The zero-order valence-corrected chi connectivity index (χ0v) is 16.3. The molecule has 8 nitrogen and oxygen atoms in total. The fraction of sp³-hybridized carbons (Fsp3) is 0.227. The number of phenolic OH excluding ortho intramolecular Hbond substituents is 1. The van der Waals surface area contributed by atoms with Gasteiger partial charge in [0, 0.05) is 36.3 Å². The monoisotopic (exact) mass is 408 g/mol. The number of carbonyl (C=O) groups excluding carboxylic acids is 1. The molecule has 1 aromatic heterocycles. The van der Waals surface area contributed by atoms with Crippen LogP contribution in [0.5, 0.6) is 5.75 Å². The van der Waals surface area contributed by atoms with Gasteiger partial charge in [-0.2, -0.15) is 0 Å². The molecule has 0 fully saturated rings. The number of carboxylic acids is 1. The Morgan fingerprint density at radius 1 is 1.17 bits per heavy atom. The Labute approximate surface area is 173 Å². The van der Waals surface area contributed by atoms with E-state index in [2.05, 4.69) is 15.3 Å². The number of phenols is 1. The molecule has 1 heterocycles. The van der Waals surface area contributed by atoms with E-state index in [1.807, 2.05) is 30.3 Å². The van der Waals surface area contributed by atoms with Crippen molar-refractivity contribution in [3.05, 3.63) is 83.4 Å². The molecule has 0 aliphatic rings. The van der Waals surface area contributed by atoms with E-state index in [1.54, 1.807) is 18.3 Å². The number of aliphatic carboxylic acids is 1. The lowest BCUT2D eigenvalue weighted by Crippen LogP contribution is -2.43. The summed E-state index contributed by atoms with van der Waals surface area (Å²) in [7, 11) is 0. The molecule has 0 saturated heterocycles. The van der Waals surface area contributed by atoms with Crippen molar-refractivity contribution >= 4 is 11.9 Å². The number of amides is 1. The van der Waals surface area contributed by atoms with E-state index in [9.17, 15) is 14.7 Å². The molecule has 8 heteroatoms. The largest absolute Gasteiger partial charge is 0.508 e. The summed E-state index contributed by atoms with van der Waals surface area (Å²) in [5.41, 5.74) is 8.76. The first-order valence-corrected chi connectivity index (χ1v) is 9.53. The molecular weight excluding hydrogens is 384 g/mol. The van der Waals surface area contributed by atoms with E-state index >= 15 is 0 Å². The van der Waals surface area contributed by atoms with Crippen molar-refractivity contribution in [3.8, 4) is 5.75 Å². The highest BCUT2D eigenvalue weighted by Crippen LogP contribution is 2.32. The first kappa shape index (κ1) is 21.1. The number of carbonyl (C=O) groups is 2. The van der Waals surface area contributed by atoms with E-state index in [1.165, 1.54) is 12.4 Å². The highest BCUT2D eigenvalue weighted by atomic mass is 16.4. The second-order valence-electron chi connectivity index (χ2n) is 7.06. The number of aromatic amines is 1. The van der Waals surface area contributed by atoms with Gasteiger partial charge >= 0.3 is 5.97 Å². The summed E-state index contributed by atoms with van der Waals surface area (Å²) in [4.78, 5) is 30.4. The van der Waals surface area contributed by atoms with Gasteiger partial charge < -0.3 is 26.2 Å². The second-order valence-corrected chi connectivity index (χ2v) is 7.06. The van der Waals surface area contributed by atoms with E-state index in [4.69, 9.17) is 10.8 Å². The van der Waals surface area contributed by atoms with Gasteiger partial charge in [-0.05, 0) is 17.2 Å². The Morgan fingerprint density at radius 2 is 1.93 bits per heavy atom. The standard InChI is InChI=1S/C22H24N4O4/c23-19(10-16-11-24-13-26-16)22(30)25-12-18(15-4-2-1-3-5-15)17-8-14(9-21(28)29)6-7-20(17)27/h1-8,11,13,18-19,27H,9-10,12,23H2,(H,24,26)(H,25,30)(H,28,29)/t18?,19-/m0/s1. The zero-order chi connectivity index (χ0) is 21.5. The van der Waals surface area contributed by atoms with E-state index in [0.717, 1.165) is 11.3 Å². The van der Waals surface area contributed by atoms with Crippen molar-refractivity contribution in [1.29, 1.82) is 0 Å². The third kappa shape index (κ3) is 5.45. The molecule has 30 heavy (non-hydrogen) atoms. The molecule has 3 aromatic rings. The van der Waals surface area contributed by atoms with Gasteiger partial charge in [-0.15, -0.1) is 0 Å². The van der Waals surface area contributed by atoms with Crippen molar-refractivity contribution in [2.24, 2.45) is 5.73 Å². The van der Waals surface area contributed by atoms with Crippen molar-refractivity contribution in [1.82, 2.24) is 15.3 Å². The molecule has 0 radical (unpaired) electrons. The third-order valence-electron chi connectivity index (χ3n) is 4.84. The first-order chi connectivity index (χ1) is 14.4. The number of benzene rings is 2. The highest BCUT2D eigenvalue weighted by molar-refractivity contribution is 5.81. The van der Waals surface area contributed by atoms with Crippen molar-refractivity contribution in [2.45, 2.75) is 24.8 Å². The predicted molar refractivity (Wildman–Crippen MR) is 111 cm³/mol. The number of hydrogen-bond acceptors (Lipinski definition) is 5. The van der Waals surface area contributed by atoms with Crippen molar-refractivity contribution in [2.75, 3.05) is 6.54 Å². The second kappa shape index (κ2) is 9.71. The number of nitrogens with one attached hydrogen (secondary N) is 2. The first-order valence-electron chi connectivity index (χ1n) is 9.53. The van der Waals surface area contributed by atoms with Gasteiger partial charge in [-0.1, -0.05) is 42.5 Å². The lowest BCUT2D eigenvalue weighted by atomic mass is 9.89. The maximum absolute atomic E-state index is 12.5. The molecule has 0 aliphatic carbocycles. The molecule has 1 amide bonds. The van der Waals surface area contributed by atoms with E-state index in [-0.39, 0.29) is 30.5 Å². The Kier molecular flexibility index (Phi) is 6.82.